The maximum atomic E-state index is 14.4. The minimum absolute atomic E-state index is 0.0867. The Kier molecular flexibility index (Phi) is 3.09. The molecule has 102 valence electrons. The third kappa shape index (κ3) is 2.11. The molecule has 20 heavy (non-hydrogen) atoms. The lowest BCUT2D eigenvalue weighted by atomic mass is 10.1. The lowest BCUT2D eigenvalue weighted by molar-refractivity contribution is 0.566. The highest BCUT2D eigenvalue weighted by atomic mass is 79.9. The van der Waals surface area contributed by atoms with E-state index in [1.165, 1.54) is 18.6 Å². The molecule has 0 saturated heterocycles. The minimum Gasteiger partial charge on any atom is -0.336 e. The molecule has 0 bridgehead atoms. The Morgan fingerprint density at radius 3 is 2.80 bits per heavy atom. The first-order valence-corrected chi connectivity index (χ1v) is 6.41. The zero-order valence-corrected chi connectivity index (χ0v) is 11.6. The zero-order valence-electron chi connectivity index (χ0n) is 10.0. The fourth-order valence-electron chi connectivity index (χ4n) is 1.93. The average molecular weight is 340 g/mol. The van der Waals surface area contributed by atoms with Crippen LogP contribution in [0.3, 0.4) is 0 Å². The highest BCUT2D eigenvalue weighted by Gasteiger charge is 2.17. The van der Waals surface area contributed by atoms with Crippen molar-refractivity contribution in [3.8, 4) is 0 Å². The Balaban J connectivity index is 2.17. The lowest BCUT2D eigenvalue weighted by Crippen LogP contribution is -2.13. The number of hydrogen-bond acceptors (Lipinski definition) is 4. The lowest BCUT2D eigenvalue weighted by Gasteiger charge is -2.08. The van der Waals surface area contributed by atoms with Crippen molar-refractivity contribution in [3.63, 3.8) is 0 Å². The molecule has 0 aliphatic rings. The number of nitrogens with zero attached hydrogens (tertiary/aromatic N) is 4. The van der Waals surface area contributed by atoms with E-state index in [-0.39, 0.29) is 28.7 Å². The predicted molar refractivity (Wildman–Crippen MR) is 72.3 cm³/mol. The molecule has 3 aromatic rings. The van der Waals surface area contributed by atoms with E-state index in [0.29, 0.717) is 4.47 Å². The second-order valence-electron chi connectivity index (χ2n) is 4.20. The fourth-order valence-corrected chi connectivity index (χ4v) is 2.26. The topological polar surface area (TPSA) is 69.6 Å². The van der Waals surface area contributed by atoms with Gasteiger partial charge in [0, 0.05) is 34.1 Å². The van der Waals surface area contributed by atoms with Gasteiger partial charge in [0.1, 0.15) is 18.0 Å². The summed E-state index contributed by atoms with van der Waals surface area (Å²) in [5.74, 6) is 4.46. The van der Waals surface area contributed by atoms with Crippen molar-refractivity contribution >= 4 is 26.8 Å². The largest absolute Gasteiger partial charge is 0.336 e. The standard InChI is InChI=1S/C12H8BrF2N5/c13-6-1-8-10(17-4-6)3-9(14)7(12(8)15)2-11-19-18-5-20(11)16/h1,3-5H,2,16H2. The molecule has 0 aliphatic heterocycles. The number of hydrogen-bond donors (Lipinski definition) is 1. The summed E-state index contributed by atoms with van der Waals surface area (Å²) in [6.07, 6.45) is 2.67. The Labute approximate surface area is 120 Å². The van der Waals surface area contributed by atoms with Crippen LogP contribution in [0.4, 0.5) is 8.78 Å². The number of nitrogens with two attached hydrogens (primary N) is 1. The van der Waals surface area contributed by atoms with Gasteiger partial charge in [0.05, 0.1) is 5.52 Å². The average Bonchev–Trinajstić information content (AvgIpc) is 2.81. The third-order valence-electron chi connectivity index (χ3n) is 2.92. The number of fused-ring (bicyclic) bond motifs is 1. The van der Waals surface area contributed by atoms with Crippen LogP contribution < -0.4 is 5.84 Å². The van der Waals surface area contributed by atoms with Gasteiger partial charge in [-0.15, -0.1) is 10.2 Å². The maximum Gasteiger partial charge on any atom is 0.156 e. The molecule has 2 heterocycles. The van der Waals surface area contributed by atoms with E-state index in [1.54, 1.807) is 6.07 Å². The summed E-state index contributed by atoms with van der Waals surface area (Å²) in [5, 5.41) is 7.53. The van der Waals surface area contributed by atoms with E-state index < -0.39 is 11.6 Å². The molecule has 0 amide bonds. The van der Waals surface area contributed by atoms with E-state index in [0.717, 1.165) is 4.68 Å². The van der Waals surface area contributed by atoms with E-state index in [2.05, 4.69) is 31.1 Å². The van der Waals surface area contributed by atoms with Crippen LogP contribution in [0.5, 0.6) is 0 Å². The molecule has 0 atom stereocenters. The van der Waals surface area contributed by atoms with Crippen molar-refractivity contribution in [2.45, 2.75) is 6.42 Å². The van der Waals surface area contributed by atoms with Crippen molar-refractivity contribution in [2.75, 3.05) is 5.84 Å². The van der Waals surface area contributed by atoms with Crippen LogP contribution >= 0.6 is 15.9 Å². The monoisotopic (exact) mass is 339 g/mol. The summed E-state index contributed by atoms with van der Waals surface area (Å²) in [7, 11) is 0. The van der Waals surface area contributed by atoms with Crippen molar-refractivity contribution in [3.05, 3.63) is 52.2 Å². The molecule has 5 nitrogen and oxygen atoms in total. The maximum absolute atomic E-state index is 14.4. The van der Waals surface area contributed by atoms with E-state index in [1.807, 2.05) is 0 Å². The summed E-state index contributed by atoms with van der Waals surface area (Å²) < 4.78 is 30.2. The smallest absolute Gasteiger partial charge is 0.156 e. The Morgan fingerprint density at radius 1 is 1.30 bits per heavy atom. The van der Waals surface area contributed by atoms with Gasteiger partial charge in [-0.2, -0.15) is 0 Å². The van der Waals surface area contributed by atoms with Gasteiger partial charge in [0.15, 0.2) is 5.82 Å². The minimum atomic E-state index is -0.687. The molecular weight excluding hydrogens is 332 g/mol. The number of benzene rings is 1. The Bertz CT molecular complexity index is 802. The molecule has 8 heteroatoms. The second-order valence-corrected chi connectivity index (χ2v) is 5.12. The van der Waals surface area contributed by atoms with Gasteiger partial charge in [0.25, 0.3) is 0 Å². The molecule has 0 radical (unpaired) electrons. The van der Waals surface area contributed by atoms with Gasteiger partial charge >= 0.3 is 0 Å². The van der Waals surface area contributed by atoms with Crippen molar-refractivity contribution < 1.29 is 8.78 Å². The molecule has 0 spiro atoms. The first-order valence-electron chi connectivity index (χ1n) is 5.62. The summed E-state index contributed by atoms with van der Waals surface area (Å²) in [6.45, 7) is 0. The van der Waals surface area contributed by atoms with Crippen molar-refractivity contribution in [1.29, 1.82) is 0 Å². The van der Waals surface area contributed by atoms with Crippen LogP contribution in [0.2, 0.25) is 0 Å². The fraction of sp³-hybridized carbons (Fsp3) is 0.0833. The summed E-state index contributed by atoms with van der Waals surface area (Å²) >= 11 is 3.21. The first kappa shape index (κ1) is 12.9. The van der Waals surface area contributed by atoms with Gasteiger partial charge in [0.2, 0.25) is 0 Å². The van der Waals surface area contributed by atoms with Gasteiger partial charge in [-0.05, 0) is 22.0 Å². The molecule has 0 saturated carbocycles. The SMILES string of the molecule is Nn1cnnc1Cc1c(F)cc2ncc(Br)cc2c1F. The second kappa shape index (κ2) is 4.78. The Hall–Kier alpha value is -2.09. The third-order valence-corrected chi connectivity index (χ3v) is 3.35. The molecule has 0 aliphatic carbocycles. The summed E-state index contributed by atoms with van der Waals surface area (Å²) in [5.41, 5.74) is 0.137. The van der Waals surface area contributed by atoms with Crippen molar-refractivity contribution in [2.24, 2.45) is 0 Å². The van der Waals surface area contributed by atoms with Gasteiger partial charge in [-0.25, -0.2) is 13.5 Å². The highest BCUT2D eigenvalue weighted by molar-refractivity contribution is 9.10. The predicted octanol–water partition coefficient (Wildman–Crippen LogP) is 2.17. The summed E-state index contributed by atoms with van der Waals surface area (Å²) in [6, 6.07) is 2.74. The number of pyridine rings is 1. The number of nitrogen functional groups attached to an aromatic ring is 1. The van der Waals surface area contributed by atoms with Crippen LogP contribution in [-0.4, -0.2) is 19.9 Å². The molecule has 2 aromatic heterocycles. The van der Waals surface area contributed by atoms with E-state index in [9.17, 15) is 8.78 Å². The van der Waals surface area contributed by atoms with Crippen LogP contribution in [0.25, 0.3) is 10.9 Å². The van der Waals surface area contributed by atoms with Crippen LogP contribution in [0.15, 0.2) is 29.1 Å². The molecule has 0 unspecified atom stereocenters. The molecule has 2 N–H and O–H groups in total. The van der Waals surface area contributed by atoms with Crippen LogP contribution in [-0.2, 0) is 6.42 Å². The molecular formula is C12H8BrF2N5. The normalized spacial score (nSPS) is 11.2. The van der Waals surface area contributed by atoms with Gasteiger partial charge in [-0.1, -0.05) is 0 Å². The van der Waals surface area contributed by atoms with E-state index >= 15 is 0 Å². The van der Waals surface area contributed by atoms with E-state index in [4.69, 9.17) is 5.84 Å². The quantitative estimate of drug-likeness (QED) is 0.726. The van der Waals surface area contributed by atoms with Gasteiger partial charge in [-0.3, -0.25) is 4.98 Å². The highest BCUT2D eigenvalue weighted by Crippen LogP contribution is 2.26. The molecule has 0 fully saturated rings. The van der Waals surface area contributed by atoms with Gasteiger partial charge < -0.3 is 5.84 Å². The molecule has 3 rings (SSSR count). The Morgan fingerprint density at radius 2 is 2.10 bits per heavy atom. The zero-order chi connectivity index (χ0) is 14.3. The molecule has 1 aromatic carbocycles. The van der Waals surface area contributed by atoms with Crippen LogP contribution in [0, 0.1) is 11.6 Å². The summed E-state index contributed by atoms with van der Waals surface area (Å²) in [4.78, 5) is 3.97. The number of rotatable bonds is 2. The first-order chi connectivity index (χ1) is 9.56. The van der Waals surface area contributed by atoms with Crippen molar-refractivity contribution in [1.82, 2.24) is 19.9 Å². The number of aromatic nitrogens is 4. The van der Waals surface area contributed by atoms with Crippen LogP contribution in [0.1, 0.15) is 11.4 Å². The number of halogens is 3.